The Balaban J connectivity index is 1.57. The van der Waals surface area contributed by atoms with Crippen LogP contribution in [-0.4, -0.2) is 48.1 Å². The van der Waals surface area contributed by atoms with Crippen LogP contribution in [0.1, 0.15) is 26.3 Å². The monoisotopic (exact) mass is 383 g/mol. The van der Waals surface area contributed by atoms with Crippen LogP contribution in [-0.2, 0) is 4.74 Å². The van der Waals surface area contributed by atoms with E-state index in [1.807, 2.05) is 25.1 Å². The number of amides is 2. The molecule has 0 spiro atoms. The summed E-state index contributed by atoms with van der Waals surface area (Å²) >= 11 is 5.21. The minimum atomic E-state index is -0.260. The van der Waals surface area contributed by atoms with E-state index in [1.54, 1.807) is 35.2 Å². The summed E-state index contributed by atoms with van der Waals surface area (Å²) in [5.74, 6) is -0.273. The highest BCUT2D eigenvalue weighted by Gasteiger charge is 2.18. The summed E-state index contributed by atoms with van der Waals surface area (Å²) in [6.07, 6.45) is 0. The zero-order valence-electron chi connectivity index (χ0n) is 15.0. The van der Waals surface area contributed by atoms with E-state index in [4.69, 9.17) is 17.0 Å². The molecular weight excluding hydrogens is 362 g/mol. The second-order valence-electron chi connectivity index (χ2n) is 6.21. The predicted octanol–water partition coefficient (Wildman–Crippen LogP) is 2.59. The van der Waals surface area contributed by atoms with Crippen molar-refractivity contribution in [1.82, 2.24) is 10.2 Å². The van der Waals surface area contributed by atoms with Gasteiger partial charge >= 0.3 is 0 Å². The molecule has 2 amide bonds. The minimum absolute atomic E-state index is 0.0136. The van der Waals surface area contributed by atoms with E-state index in [2.05, 4.69) is 10.6 Å². The van der Waals surface area contributed by atoms with E-state index in [-0.39, 0.29) is 16.9 Å². The highest BCUT2D eigenvalue weighted by Crippen LogP contribution is 2.13. The number of morpholine rings is 1. The molecule has 2 aromatic rings. The van der Waals surface area contributed by atoms with E-state index in [1.165, 1.54) is 0 Å². The molecule has 2 aromatic carbocycles. The van der Waals surface area contributed by atoms with Gasteiger partial charge in [-0.1, -0.05) is 18.2 Å². The maximum Gasteiger partial charge on any atom is 0.257 e. The largest absolute Gasteiger partial charge is 0.378 e. The topological polar surface area (TPSA) is 70.7 Å². The summed E-state index contributed by atoms with van der Waals surface area (Å²) in [7, 11) is 0. The number of nitrogens with zero attached hydrogens (tertiary/aromatic N) is 1. The van der Waals surface area contributed by atoms with Gasteiger partial charge in [0.1, 0.15) is 0 Å². The maximum absolute atomic E-state index is 12.4. The molecule has 1 aliphatic rings. The van der Waals surface area contributed by atoms with Crippen LogP contribution >= 0.6 is 12.2 Å². The molecule has 7 heteroatoms. The summed E-state index contributed by atoms with van der Waals surface area (Å²) in [4.78, 5) is 26.5. The normalized spacial score (nSPS) is 13.7. The average Bonchev–Trinajstić information content (AvgIpc) is 2.69. The highest BCUT2D eigenvalue weighted by molar-refractivity contribution is 7.80. The van der Waals surface area contributed by atoms with Gasteiger partial charge < -0.3 is 15.0 Å². The number of benzene rings is 2. The van der Waals surface area contributed by atoms with Gasteiger partial charge in [0, 0.05) is 29.9 Å². The van der Waals surface area contributed by atoms with Crippen molar-refractivity contribution in [3.05, 3.63) is 65.2 Å². The van der Waals surface area contributed by atoms with Crippen LogP contribution < -0.4 is 10.6 Å². The lowest BCUT2D eigenvalue weighted by molar-refractivity contribution is 0.0303. The van der Waals surface area contributed by atoms with Gasteiger partial charge in [0.25, 0.3) is 11.8 Å². The maximum atomic E-state index is 12.4. The molecule has 0 atom stereocenters. The molecule has 6 nitrogen and oxygen atoms in total. The number of thiocarbonyl (C=S) groups is 1. The van der Waals surface area contributed by atoms with Crippen molar-refractivity contribution < 1.29 is 14.3 Å². The molecule has 0 unspecified atom stereocenters. The lowest BCUT2D eigenvalue weighted by Gasteiger charge is -2.26. The smallest absolute Gasteiger partial charge is 0.257 e. The Hall–Kier alpha value is -2.77. The van der Waals surface area contributed by atoms with Crippen LogP contribution in [0.5, 0.6) is 0 Å². The number of ether oxygens (including phenoxy) is 1. The van der Waals surface area contributed by atoms with Crippen LogP contribution in [0.25, 0.3) is 0 Å². The van der Waals surface area contributed by atoms with Gasteiger partial charge in [-0.3, -0.25) is 14.9 Å². The average molecular weight is 383 g/mol. The van der Waals surface area contributed by atoms with E-state index >= 15 is 0 Å². The molecule has 2 N–H and O–H groups in total. The summed E-state index contributed by atoms with van der Waals surface area (Å²) < 4.78 is 5.27. The number of rotatable bonds is 3. The van der Waals surface area contributed by atoms with Crippen molar-refractivity contribution in [2.45, 2.75) is 6.92 Å². The molecule has 1 saturated heterocycles. The Labute approximate surface area is 163 Å². The first-order valence-electron chi connectivity index (χ1n) is 8.69. The molecule has 1 fully saturated rings. The van der Waals surface area contributed by atoms with Crippen molar-refractivity contribution in [3.8, 4) is 0 Å². The Morgan fingerprint density at radius 3 is 2.37 bits per heavy atom. The van der Waals surface area contributed by atoms with Crippen molar-refractivity contribution in [3.63, 3.8) is 0 Å². The first-order valence-corrected chi connectivity index (χ1v) is 9.10. The fourth-order valence-electron chi connectivity index (χ4n) is 2.81. The van der Waals surface area contributed by atoms with Gasteiger partial charge in [-0.05, 0) is 55.0 Å². The third-order valence-electron chi connectivity index (χ3n) is 4.30. The zero-order chi connectivity index (χ0) is 19.2. The molecule has 0 aliphatic carbocycles. The Morgan fingerprint density at radius 1 is 1.04 bits per heavy atom. The first kappa shape index (κ1) is 19.0. The third-order valence-corrected chi connectivity index (χ3v) is 4.51. The standard InChI is InChI=1S/C20H21N3O3S/c1-14-4-2-3-5-17(14)18(24)22-20(27)21-16-8-6-15(7-9-16)19(25)23-10-12-26-13-11-23/h2-9H,10-13H2,1H3,(H2,21,22,24,27). The quantitative estimate of drug-likeness (QED) is 0.798. The molecule has 0 radical (unpaired) electrons. The van der Waals surface area contributed by atoms with Gasteiger partial charge in [-0.25, -0.2) is 0 Å². The number of nitrogens with one attached hydrogen (secondary N) is 2. The Kier molecular flexibility index (Phi) is 6.16. The van der Waals surface area contributed by atoms with Gasteiger partial charge in [0.15, 0.2) is 5.11 Å². The molecular formula is C20H21N3O3S. The Bertz CT molecular complexity index is 846. The van der Waals surface area contributed by atoms with Crippen LogP contribution in [0.15, 0.2) is 48.5 Å². The van der Waals surface area contributed by atoms with E-state index in [0.29, 0.717) is 43.1 Å². The van der Waals surface area contributed by atoms with E-state index < -0.39 is 0 Å². The van der Waals surface area contributed by atoms with Crippen molar-refractivity contribution in [2.75, 3.05) is 31.6 Å². The lowest BCUT2D eigenvalue weighted by Crippen LogP contribution is -2.40. The second-order valence-corrected chi connectivity index (χ2v) is 6.61. The SMILES string of the molecule is Cc1ccccc1C(=O)NC(=S)Nc1ccc(C(=O)N2CCOCC2)cc1. The molecule has 1 aliphatic heterocycles. The zero-order valence-corrected chi connectivity index (χ0v) is 15.8. The lowest BCUT2D eigenvalue weighted by atomic mass is 10.1. The van der Waals surface area contributed by atoms with Gasteiger partial charge in [-0.2, -0.15) is 0 Å². The molecule has 0 saturated carbocycles. The van der Waals surface area contributed by atoms with Crippen LogP contribution in [0.3, 0.4) is 0 Å². The number of anilines is 1. The van der Waals surface area contributed by atoms with Crippen molar-refractivity contribution in [1.29, 1.82) is 0 Å². The fraction of sp³-hybridized carbons (Fsp3) is 0.250. The molecule has 0 aromatic heterocycles. The van der Waals surface area contributed by atoms with Crippen molar-refractivity contribution >= 4 is 34.8 Å². The molecule has 0 bridgehead atoms. The summed E-state index contributed by atoms with van der Waals surface area (Å²) in [6, 6.07) is 14.3. The molecule has 1 heterocycles. The van der Waals surface area contributed by atoms with Gasteiger partial charge in [-0.15, -0.1) is 0 Å². The number of carbonyl (C=O) groups excluding carboxylic acids is 2. The van der Waals surface area contributed by atoms with Gasteiger partial charge in [0.2, 0.25) is 0 Å². The number of hydrogen-bond donors (Lipinski definition) is 2. The summed E-state index contributed by atoms with van der Waals surface area (Å²) in [6.45, 7) is 4.22. The number of carbonyl (C=O) groups is 2. The second kappa shape index (κ2) is 8.75. The Morgan fingerprint density at radius 2 is 1.70 bits per heavy atom. The van der Waals surface area contributed by atoms with Crippen LogP contribution in [0.2, 0.25) is 0 Å². The first-order chi connectivity index (χ1) is 13.0. The van der Waals surface area contributed by atoms with E-state index in [0.717, 1.165) is 5.56 Å². The van der Waals surface area contributed by atoms with Crippen LogP contribution in [0.4, 0.5) is 5.69 Å². The van der Waals surface area contributed by atoms with E-state index in [9.17, 15) is 9.59 Å². The third kappa shape index (κ3) is 4.90. The molecule has 140 valence electrons. The highest BCUT2D eigenvalue weighted by atomic mass is 32.1. The van der Waals surface area contributed by atoms with Crippen molar-refractivity contribution in [2.24, 2.45) is 0 Å². The minimum Gasteiger partial charge on any atom is -0.378 e. The van der Waals surface area contributed by atoms with Crippen LogP contribution in [0, 0.1) is 6.92 Å². The number of aryl methyl sites for hydroxylation is 1. The summed E-state index contributed by atoms with van der Waals surface area (Å²) in [5.41, 5.74) is 2.76. The molecule has 3 rings (SSSR count). The fourth-order valence-corrected chi connectivity index (χ4v) is 3.02. The summed E-state index contributed by atoms with van der Waals surface area (Å²) in [5, 5.41) is 5.83. The predicted molar refractivity (Wildman–Crippen MR) is 108 cm³/mol. The van der Waals surface area contributed by atoms with Gasteiger partial charge in [0.05, 0.1) is 13.2 Å². The number of hydrogen-bond acceptors (Lipinski definition) is 4. The molecule has 27 heavy (non-hydrogen) atoms.